The molecule has 0 bridgehead atoms. The maximum atomic E-state index is 4.21. The van der Waals surface area contributed by atoms with E-state index in [0.717, 1.165) is 25.6 Å². The van der Waals surface area contributed by atoms with Crippen molar-refractivity contribution in [1.29, 1.82) is 0 Å². The molecule has 0 aliphatic carbocycles. The van der Waals surface area contributed by atoms with E-state index in [2.05, 4.69) is 55.3 Å². The minimum atomic E-state index is 0. The van der Waals surface area contributed by atoms with Crippen LogP contribution in [0.2, 0.25) is 0 Å². The van der Waals surface area contributed by atoms with Crippen LogP contribution in [-0.4, -0.2) is 50.6 Å². The van der Waals surface area contributed by atoms with E-state index in [0.29, 0.717) is 12.0 Å². The SMILES string of the molecule is CCN(C)CCNC(=NC)NC(C)C(C)C.I. The molecule has 0 heterocycles. The summed E-state index contributed by atoms with van der Waals surface area (Å²) in [5.41, 5.74) is 0. The van der Waals surface area contributed by atoms with E-state index in [1.165, 1.54) is 0 Å². The van der Waals surface area contributed by atoms with Gasteiger partial charge in [-0.15, -0.1) is 24.0 Å². The average molecular weight is 356 g/mol. The Morgan fingerprint density at radius 1 is 1.29 bits per heavy atom. The second kappa shape index (κ2) is 11.1. The van der Waals surface area contributed by atoms with Gasteiger partial charge in [0.15, 0.2) is 5.96 Å². The summed E-state index contributed by atoms with van der Waals surface area (Å²) in [6.45, 7) is 11.8. The summed E-state index contributed by atoms with van der Waals surface area (Å²) < 4.78 is 0. The number of nitrogens with zero attached hydrogens (tertiary/aromatic N) is 2. The molecule has 0 rings (SSSR count). The van der Waals surface area contributed by atoms with E-state index >= 15 is 0 Å². The number of hydrogen-bond acceptors (Lipinski definition) is 2. The Morgan fingerprint density at radius 2 is 1.88 bits per heavy atom. The van der Waals surface area contributed by atoms with Gasteiger partial charge in [0.2, 0.25) is 0 Å². The molecule has 5 heteroatoms. The van der Waals surface area contributed by atoms with Crippen molar-refractivity contribution in [2.75, 3.05) is 33.7 Å². The molecule has 0 aromatic rings. The largest absolute Gasteiger partial charge is 0.355 e. The lowest BCUT2D eigenvalue weighted by molar-refractivity contribution is 0.356. The highest BCUT2D eigenvalue weighted by Gasteiger charge is 2.08. The normalized spacial score (nSPS) is 13.5. The molecular formula is C12H29IN4. The Bertz CT molecular complexity index is 207. The third-order valence-electron chi connectivity index (χ3n) is 2.91. The molecular weight excluding hydrogens is 327 g/mol. The number of nitrogens with one attached hydrogen (secondary N) is 2. The van der Waals surface area contributed by atoms with Gasteiger partial charge in [0, 0.05) is 26.2 Å². The first-order valence-electron chi connectivity index (χ1n) is 6.17. The zero-order chi connectivity index (χ0) is 12.6. The summed E-state index contributed by atoms with van der Waals surface area (Å²) in [6, 6.07) is 0.440. The molecule has 0 radical (unpaired) electrons. The fourth-order valence-corrected chi connectivity index (χ4v) is 1.10. The molecule has 104 valence electrons. The predicted molar refractivity (Wildman–Crippen MR) is 87.4 cm³/mol. The molecule has 2 N–H and O–H groups in total. The van der Waals surface area contributed by atoms with Crippen LogP contribution in [0, 0.1) is 5.92 Å². The lowest BCUT2D eigenvalue weighted by Crippen LogP contribution is -2.46. The van der Waals surface area contributed by atoms with E-state index in [9.17, 15) is 0 Å². The summed E-state index contributed by atoms with van der Waals surface area (Å²) in [5, 5.41) is 6.70. The van der Waals surface area contributed by atoms with E-state index < -0.39 is 0 Å². The molecule has 0 aromatic carbocycles. The molecule has 1 unspecified atom stereocenters. The maximum Gasteiger partial charge on any atom is 0.191 e. The quantitative estimate of drug-likeness (QED) is 0.433. The second-order valence-electron chi connectivity index (χ2n) is 4.57. The van der Waals surface area contributed by atoms with Crippen LogP contribution in [0.5, 0.6) is 0 Å². The molecule has 0 saturated carbocycles. The molecule has 0 spiro atoms. The zero-order valence-electron chi connectivity index (χ0n) is 12.1. The molecule has 4 nitrogen and oxygen atoms in total. The molecule has 1 atom stereocenters. The monoisotopic (exact) mass is 356 g/mol. The van der Waals surface area contributed by atoms with E-state index in [1.54, 1.807) is 0 Å². The minimum Gasteiger partial charge on any atom is -0.355 e. The van der Waals surface area contributed by atoms with Crippen molar-refractivity contribution in [3.63, 3.8) is 0 Å². The fourth-order valence-electron chi connectivity index (χ4n) is 1.10. The highest BCUT2D eigenvalue weighted by molar-refractivity contribution is 14.0. The topological polar surface area (TPSA) is 39.7 Å². The summed E-state index contributed by atoms with van der Waals surface area (Å²) in [5.74, 6) is 1.50. The number of likely N-dealkylation sites (N-methyl/N-ethyl adjacent to an activating group) is 1. The highest BCUT2D eigenvalue weighted by atomic mass is 127. The lowest BCUT2D eigenvalue weighted by Gasteiger charge is -2.21. The van der Waals surface area contributed by atoms with Gasteiger partial charge in [-0.1, -0.05) is 20.8 Å². The summed E-state index contributed by atoms with van der Waals surface area (Å²) >= 11 is 0. The molecule has 0 fully saturated rings. The van der Waals surface area contributed by atoms with E-state index in [-0.39, 0.29) is 24.0 Å². The van der Waals surface area contributed by atoms with Crippen LogP contribution >= 0.6 is 24.0 Å². The third-order valence-corrected chi connectivity index (χ3v) is 2.91. The molecule has 0 aromatic heterocycles. The van der Waals surface area contributed by atoms with Gasteiger partial charge >= 0.3 is 0 Å². The summed E-state index contributed by atoms with van der Waals surface area (Å²) in [4.78, 5) is 6.48. The first kappa shape index (κ1) is 19.3. The van der Waals surface area contributed by atoms with Crippen molar-refractivity contribution < 1.29 is 0 Å². The number of guanidine groups is 1. The average Bonchev–Trinajstić information content (AvgIpc) is 2.26. The van der Waals surface area contributed by atoms with Gasteiger partial charge < -0.3 is 15.5 Å². The van der Waals surface area contributed by atoms with Gasteiger partial charge in [-0.05, 0) is 26.4 Å². The molecule has 17 heavy (non-hydrogen) atoms. The third kappa shape index (κ3) is 9.64. The zero-order valence-corrected chi connectivity index (χ0v) is 14.4. The maximum absolute atomic E-state index is 4.21. The van der Waals surface area contributed by atoms with Crippen LogP contribution in [0.4, 0.5) is 0 Å². The Labute approximate surface area is 124 Å². The van der Waals surface area contributed by atoms with Crippen molar-refractivity contribution in [2.45, 2.75) is 33.7 Å². The standard InChI is InChI=1S/C12H28N4.HI/c1-7-16(6)9-8-14-12(13-5)15-11(4)10(2)3;/h10-11H,7-9H2,1-6H3,(H2,13,14,15);1H. The fraction of sp³-hybridized carbons (Fsp3) is 0.917. The lowest BCUT2D eigenvalue weighted by atomic mass is 10.1. The Morgan fingerprint density at radius 3 is 2.29 bits per heavy atom. The van der Waals surface area contributed by atoms with Gasteiger partial charge in [0.1, 0.15) is 0 Å². The molecule has 0 aliphatic heterocycles. The first-order valence-corrected chi connectivity index (χ1v) is 6.17. The van der Waals surface area contributed by atoms with Crippen molar-refractivity contribution in [1.82, 2.24) is 15.5 Å². The smallest absolute Gasteiger partial charge is 0.191 e. The van der Waals surface area contributed by atoms with Gasteiger partial charge in [-0.25, -0.2) is 0 Å². The minimum absolute atomic E-state index is 0. The highest BCUT2D eigenvalue weighted by Crippen LogP contribution is 1.98. The molecule has 0 aliphatic rings. The van der Waals surface area contributed by atoms with Crippen molar-refractivity contribution in [3.05, 3.63) is 0 Å². The summed E-state index contributed by atoms with van der Waals surface area (Å²) in [7, 11) is 3.93. The first-order chi connectivity index (χ1) is 7.51. The molecule has 0 saturated heterocycles. The van der Waals surface area contributed by atoms with Gasteiger partial charge in [-0.3, -0.25) is 4.99 Å². The predicted octanol–water partition coefficient (Wildman–Crippen LogP) is 1.77. The van der Waals surface area contributed by atoms with E-state index in [4.69, 9.17) is 0 Å². The van der Waals surface area contributed by atoms with Crippen LogP contribution in [0.3, 0.4) is 0 Å². The second-order valence-corrected chi connectivity index (χ2v) is 4.57. The number of hydrogen-bond donors (Lipinski definition) is 2. The van der Waals surface area contributed by atoms with Crippen LogP contribution < -0.4 is 10.6 Å². The van der Waals surface area contributed by atoms with Crippen LogP contribution in [0.15, 0.2) is 4.99 Å². The number of rotatable bonds is 6. The Balaban J connectivity index is 0. The van der Waals surface area contributed by atoms with Gasteiger partial charge in [0.05, 0.1) is 0 Å². The number of aliphatic imine (C=N–C) groups is 1. The van der Waals surface area contributed by atoms with Crippen molar-refractivity contribution in [3.8, 4) is 0 Å². The van der Waals surface area contributed by atoms with Crippen molar-refractivity contribution in [2.24, 2.45) is 10.9 Å². The molecule has 0 amide bonds. The van der Waals surface area contributed by atoms with E-state index in [1.807, 2.05) is 7.05 Å². The Hall–Kier alpha value is -0.0400. The van der Waals surface area contributed by atoms with Crippen LogP contribution in [0.1, 0.15) is 27.7 Å². The Kier molecular flexibility index (Phi) is 12.6. The van der Waals surface area contributed by atoms with Crippen LogP contribution in [-0.2, 0) is 0 Å². The summed E-state index contributed by atoms with van der Waals surface area (Å²) in [6.07, 6.45) is 0. The van der Waals surface area contributed by atoms with Gasteiger partial charge in [-0.2, -0.15) is 0 Å². The van der Waals surface area contributed by atoms with Crippen molar-refractivity contribution >= 4 is 29.9 Å². The van der Waals surface area contributed by atoms with Crippen LogP contribution in [0.25, 0.3) is 0 Å². The van der Waals surface area contributed by atoms with Gasteiger partial charge in [0.25, 0.3) is 0 Å². The number of halogens is 1.